The number of amides is 2. The molecule has 1 unspecified atom stereocenters. The number of aryl methyl sites for hydroxylation is 1. The summed E-state index contributed by atoms with van der Waals surface area (Å²) in [5.41, 5.74) is 1.91. The summed E-state index contributed by atoms with van der Waals surface area (Å²) in [6.45, 7) is 2.21. The molecule has 1 aliphatic rings. The number of carbonyl (C=O) groups is 2. The van der Waals surface area contributed by atoms with Crippen LogP contribution in [0, 0.1) is 17.5 Å². The van der Waals surface area contributed by atoms with Crippen LogP contribution in [-0.2, 0) is 16.0 Å². The quantitative estimate of drug-likeness (QED) is 0.620. The van der Waals surface area contributed by atoms with Crippen LogP contribution in [0.2, 0.25) is 0 Å². The lowest BCUT2D eigenvalue weighted by atomic mass is 9.88. The molecular formula is C23H26F3N3O2. The van der Waals surface area contributed by atoms with Gasteiger partial charge in [0.1, 0.15) is 0 Å². The van der Waals surface area contributed by atoms with Crippen LogP contribution < -0.4 is 10.6 Å². The van der Waals surface area contributed by atoms with E-state index in [1.54, 1.807) is 4.90 Å². The molecule has 2 aromatic rings. The van der Waals surface area contributed by atoms with Gasteiger partial charge in [0, 0.05) is 0 Å². The molecule has 0 saturated heterocycles. The smallest absolute Gasteiger partial charge is 0.238 e. The Morgan fingerprint density at radius 1 is 1.03 bits per heavy atom. The van der Waals surface area contributed by atoms with Gasteiger partial charge in [0.25, 0.3) is 0 Å². The van der Waals surface area contributed by atoms with E-state index in [0.717, 1.165) is 37.0 Å². The van der Waals surface area contributed by atoms with E-state index < -0.39 is 29.0 Å². The highest BCUT2D eigenvalue weighted by atomic mass is 19.2. The van der Waals surface area contributed by atoms with Crippen molar-refractivity contribution in [2.75, 3.05) is 25.0 Å². The molecule has 0 aliphatic heterocycles. The molecule has 0 bridgehead atoms. The van der Waals surface area contributed by atoms with Crippen LogP contribution in [0.1, 0.15) is 43.4 Å². The Labute approximate surface area is 179 Å². The van der Waals surface area contributed by atoms with Crippen molar-refractivity contribution in [3.8, 4) is 0 Å². The first-order chi connectivity index (χ1) is 14.9. The van der Waals surface area contributed by atoms with Gasteiger partial charge in [-0.15, -0.1) is 0 Å². The fraction of sp³-hybridized carbons (Fsp3) is 0.391. The molecule has 166 valence electrons. The number of nitrogens with zero attached hydrogens (tertiary/aromatic N) is 1. The number of halogens is 3. The van der Waals surface area contributed by atoms with Gasteiger partial charge in [-0.25, -0.2) is 13.2 Å². The highest BCUT2D eigenvalue weighted by Crippen LogP contribution is 2.29. The molecule has 0 aromatic heterocycles. The topological polar surface area (TPSA) is 61.4 Å². The van der Waals surface area contributed by atoms with Crippen LogP contribution in [0.3, 0.4) is 0 Å². The minimum atomic E-state index is -1.64. The fourth-order valence-corrected chi connectivity index (χ4v) is 3.89. The summed E-state index contributed by atoms with van der Waals surface area (Å²) < 4.78 is 40.2. The molecule has 2 aromatic carbocycles. The lowest BCUT2D eigenvalue weighted by Crippen LogP contribution is -2.43. The number of benzene rings is 2. The number of carbonyl (C=O) groups excluding carboxylic acids is 2. The molecule has 3 rings (SSSR count). The zero-order valence-electron chi connectivity index (χ0n) is 17.4. The molecule has 1 atom stereocenters. The molecular weight excluding hydrogens is 407 g/mol. The zero-order valence-corrected chi connectivity index (χ0v) is 17.4. The second-order valence-electron chi connectivity index (χ2n) is 7.69. The largest absolute Gasteiger partial charge is 0.348 e. The molecule has 8 heteroatoms. The number of rotatable bonds is 8. The third-order valence-corrected chi connectivity index (χ3v) is 5.29. The molecule has 1 aliphatic carbocycles. The lowest BCUT2D eigenvalue weighted by Gasteiger charge is -2.28. The molecule has 0 saturated carbocycles. The molecule has 5 nitrogen and oxygen atoms in total. The highest BCUT2D eigenvalue weighted by molar-refractivity contribution is 5.92. The third-order valence-electron chi connectivity index (χ3n) is 5.29. The van der Waals surface area contributed by atoms with E-state index >= 15 is 0 Å². The highest BCUT2D eigenvalue weighted by Gasteiger charge is 2.23. The van der Waals surface area contributed by atoms with Gasteiger partial charge in [0.15, 0.2) is 17.5 Å². The van der Waals surface area contributed by atoms with E-state index in [1.807, 2.05) is 25.1 Å². The Kier molecular flexibility index (Phi) is 7.68. The van der Waals surface area contributed by atoms with Crippen LogP contribution in [0.15, 0.2) is 36.4 Å². The van der Waals surface area contributed by atoms with Crippen molar-refractivity contribution in [2.45, 2.75) is 38.6 Å². The van der Waals surface area contributed by atoms with Gasteiger partial charge in [-0.05, 0) is 55.5 Å². The molecule has 0 radical (unpaired) electrons. The van der Waals surface area contributed by atoms with Crippen molar-refractivity contribution in [3.63, 3.8) is 0 Å². The summed E-state index contributed by atoms with van der Waals surface area (Å²) in [6.07, 6.45) is 3.53. The zero-order chi connectivity index (χ0) is 22.4. The molecule has 0 heterocycles. The van der Waals surface area contributed by atoms with Crippen LogP contribution in [0.5, 0.6) is 0 Å². The van der Waals surface area contributed by atoms with Crippen LogP contribution in [0.4, 0.5) is 18.9 Å². The van der Waals surface area contributed by atoms with E-state index in [1.165, 1.54) is 5.56 Å². The Morgan fingerprint density at radius 3 is 2.55 bits per heavy atom. The van der Waals surface area contributed by atoms with E-state index in [0.29, 0.717) is 13.0 Å². The second-order valence-corrected chi connectivity index (χ2v) is 7.69. The molecule has 31 heavy (non-hydrogen) atoms. The Hall–Kier alpha value is -2.87. The van der Waals surface area contributed by atoms with Crippen molar-refractivity contribution >= 4 is 17.5 Å². The first kappa shape index (κ1) is 22.8. The predicted octanol–water partition coefficient (Wildman–Crippen LogP) is 3.95. The molecule has 2 N–H and O–H groups in total. The maximum Gasteiger partial charge on any atom is 0.238 e. The van der Waals surface area contributed by atoms with Gasteiger partial charge in [0.2, 0.25) is 11.8 Å². The molecule has 0 spiro atoms. The normalized spacial score (nSPS) is 15.5. The van der Waals surface area contributed by atoms with Crippen molar-refractivity contribution < 1.29 is 22.8 Å². The average molecular weight is 433 g/mol. The maximum atomic E-state index is 13.8. The summed E-state index contributed by atoms with van der Waals surface area (Å²) >= 11 is 0. The summed E-state index contributed by atoms with van der Waals surface area (Å²) in [4.78, 5) is 26.6. The number of nitrogens with one attached hydrogen (secondary N) is 2. The van der Waals surface area contributed by atoms with E-state index in [2.05, 4.69) is 16.7 Å². The summed E-state index contributed by atoms with van der Waals surface area (Å²) in [5.74, 6) is -5.25. The van der Waals surface area contributed by atoms with E-state index in [9.17, 15) is 22.8 Å². The van der Waals surface area contributed by atoms with Crippen molar-refractivity contribution in [3.05, 3.63) is 65.0 Å². The predicted molar refractivity (Wildman–Crippen MR) is 112 cm³/mol. The maximum absolute atomic E-state index is 13.8. The number of fused-ring (bicyclic) bond motifs is 1. The van der Waals surface area contributed by atoms with Crippen LogP contribution >= 0.6 is 0 Å². The average Bonchev–Trinajstić information content (AvgIpc) is 2.74. The fourth-order valence-electron chi connectivity index (χ4n) is 3.89. The van der Waals surface area contributed by atoms with Gasteiger partial charge in [0.05, 0.1) is 24.8 Å². The number of hydrogen-bond acceptors (Lipinski definition) is 3. The van der Waals surface area contributed by atoms with Crippen molar-refractivity contribution in [1.29, 1.82) is 0 Å². The summed E-state index contributed by atoms with van der Waals surface area (Å²) in [7, 11) is 0. The van der Waals surface area contributed by atoms with Crippen molar-refractivity contribution in [2.24, 2.45) is 0 Å². The van der Waals surface area contributed by atoms with Gasteiger partial charge >= 0.3 is 0 Å². The van der Waals surface area contributed by atoms with Crippen LogP contribution in [0.25, 0.3) is 0 Å². The summed E-state index contributed by atoms with van der Waals surface area (Å²) in [5, 5.41) is 5.29. The third kappa shape index (κ3) is 5.85. The molecule has 2 amide bonds. The standard InChI is InChI=1S/C23H26F3N3O2/c1-2-12-29(14-21(31)28-19-11-10-17(24)22(25)23(19)26)13-20(30)27-18-9-5-7-15-6-3-4-8-16(15)18/h3-4,6,8,10-11,18H,2,5,7,9,12-14H2,1H3,(H,27,30)(H,28,31). The second kappa shape index (κ2) is 10.4. The summed E-state index contributed by atoms with van der Waals surface area (Å²) in [6, 6.07) is 9.67. The van der Waals surface area contributed by atoms with Gasteiger partial charge in [-0.2, -0.15) is 0 Å². The van der Waals surface area contributed by atoms with Gasteiger partial charge in [-0.1, -0.05) is 31.2 Å². The first-order valence-corrected chi connectivity index (χ1v) is 10.4. The van der Waals surface area contributed by atoms with Crippen molar-refractivity contribution in [1.82, 2.24) is 10.2 Å². The lowest BCUT2D eigenvalue weighted by molar-refractivity contribution is -0.124. The number of hydrogen-bond donors (Lipinski definition) is 2. The number of anilines is 1. The SMILES string of the molecule is CCCN(CC(=O)Nc1ccc(F)c(F)c1F)CC(=O)NC1CCCc2ccccc21. The first-order valence-electron chi connectivity index (χ1n) is 10.4. The minimum Gasteiger partial charge on any atom is -0.348 e. The van der Waals surface area contributed by atoms with E-state index in [-0.39, 0.29) is 25.0 Å². The monoisotopic (exact) mass is 433 g/mol. The Bertz CT molecular complexity index is 952. The Balaban J connectivity index is 1.59. The Morgan fingerprint density at radius 2 is 1.77 bits per heavy atom. The van der Waals surface area contributed by atoms with Crippen LogP contribution in [-0.4, -0.2) is 36.3 Å². The van der Waals surface area contributed by atoms with Gasteiger partial charge < -0.3 is 10.6 Å². The minimum absolute atomic E-state index is 0.000186. The van der Waals surface area contributed by atoms with Gasteiger partial charge in [-0.3, -0.25) is 14.5 Å². The molecule has 0 fully saturated rings. The van der Waals surface area contributed by atoms with E-state index in [4.69, 9.17) is 0 Å².